The number of hydrogen-bond donors (Lipinski definition) is 4. The molecule has 1 amide bonds. The number of anilines is 2. The van der Waals surface area contributed by atoms with Crippen LogP contribution in [0.1, 0.15) is 21.0 Å². The highest BCUT2D eigenvalue weighted by atomic mass is 35.5. The third-order valence-electron chi connectivity index (χ3n) is 2.18. The number of hydrogen-bond acceptors (Lipinski definition) is 5. The largest absolute Gasteiger partial charge is 0.478 e. The van der Waals surface area contributed by atoms with E-state index < -0.39 is 11.9 Å². The number of nitrogen functional groups attached to an aromatic ring is 1. The fourth-order valence-corrected chi connectivity index (χ4v) is 1.53. The van der Waals surface area contributed by atoms with E-state index in [9.17, 15) is 9.59 Å². The van der Waals surface area contributed by atoms with Gasteiger partial charge < -0.3 is 16.2 Å². The zero-order chi connectivity index (χ0) is 14.0. The monoisotopic (exact) mass is 281 g/mol. The van der Waals surface area contributed by atoms with E-state index in [0.29, 0.717) is 0 Å². The molecule has 0 bridgehead atoms. The fraction of sp³-hybridized carbons (Fsp3) is 0. The smallest absolute Gasteiger partial charge is 0.337 e. The van der Waals surface area contributed by atoms with Gasteiger partial charge in [-0.2, -0.15) is 4.98 Å². The summed E-state index contributed by atoms with van der Waals surface area (Å²) in [7, 11) is 0. The van der Waals surface area contributed by atoms with E-state index in [1.165, 1.54) is 18.2 Å². The van der Waals surface area contributed by atoms with E-state index in [1.807, 2.05) is 0 Å². The molecule has 2 aromatic rings. The first-order valence-electron chi connectivity index (χ1n) is 4.99. The average Bonchev–Trinajstić information content (AvgIpc) is 2.78. The lowest BCUT2D eigenvalue weighted by Gasteiger charge is -2.07. The third-order valence-corrected chi connectivity index (χ3v) is 2.41. The van der Waals surface area contributed by atoms with Crippen molar-refractivity contribution in [3.05, 3.63) is 34.6 Å². The molecule has 0 aliphatic rings. The summed E-state index contributed by atoms with van der Waals surface area (Å²) in [5.74, 6) is -2.08. The molecule has 0 fully saturated rings. The number of aromatic amines is 1. The van der Waals surface area contributed by atoms with Crippen molar-refractivity contribution in [1.82, 2.24) is 15.2 Å². The van der Waals surface area contributed by atoms with Crippen LogP contribution in [0, 0.1) is 0 Å². The molecule has 19 heavy (non-hydrogen) atoms. The number of benzene rings is 1. The minimum atomic E-state index is -1.21. The number of amides is 1. The van der Waals surface area contributed by atoms with Gasteiger partial charge in [-0.25, -0.2) is 4.79 Å². The molecule has 0 radical (unpaired) electrons. The second-order valence-electron chi connectivity index (χ2n) is 3.49. The Hall–Kier alpha value is -2.61. The molecule has 0 aliphatic heterocycles. The summed E-state index contributed by atoms with van der Waals surface area (Å²) in [4.78, 5) is 26.4. The summed E-state index contributed by atoms with van der Waals surface area (Å²) in [5.41, 5.74) is 5.23. The summed E-state index contributed by atoms with van der Waals surface area (Å²) in [6, 6.07) is 4.07. The molecule has 1 aromatic heterocycles. The van der Waals surface area contributed by atoms with Gasteiger partial charge in [0, 0.05) is 5.02 Å². The standard InChI is InChI=1S/C10H8ClN5O3/c11-4-1-2-6(5(3-4)9(18)19)13-8(17)7-14-10(12)16-15-7/h1-3H,(H,13,17)(H,18,19)(H3,12,14,15,16). The summed E-state index contributed by atoms with van der Waals surface area (Å²) in [6.45, 7) is 0. The predicted molar refractivity (Wildman–Crippen MR) is 67.2 cm³/mol. The van der Waals surface area contributed by atoms with Crippen LogP contribution in [0.4, 0.5) is 11.6 Å². The number of carboxylic acids is 1. The van der Waals surface area contributed by atoms with Gasteiger partial charge in [0.15, 0.2) is 0 Å². The molecule has 98 valence electrons. The van der Waals surface area contributed by atoms with E-state index in [4.69, 9.17) is 22.4 Å². The molecule has 2 rings (SSSR count). The first kappa shape index (κ1) is 12.8. The van der Waals surface area contributed by atoms with Gasteiger partial charge in [-0.15, -0.1) is 5.10 Å². The molecule has 0 spiro atoms. The van der Waals surface area contributed by atoms with E-state index in [1.54, 1.807) is 0 Å². The van der Waals surface area contributed by atoms with Crippen molar-refractivity contribution < 1.29 is 14.7 Å². The van der Waals surface area contributed by atoms with Crippen LogP contribution in [0.2, 0.25) is 5.02 Å². The third kappa shape index (κ3) is 2.80. The van der Waals surface area contributed by atoms with Gasteiger partial charge in [0.25, 0.3) is 5.91 Å². The summed E-state index contributed by atoms with van der Waals surface area (Å²) >= 11 is 5.70. The number of H-pyrrole nitrogens is 1. The van der Waals surface area contributed by atoms with Crippen LogP contribution in [-0.4, -0.2) is 32.2 Å². The molecule has 9 heteroatoms. The van der Waals surface area contributed by atoms with Crippen LogP contribution >= 0.6 is 11.6 Å². The molecule has 0 saturated heterocycles. The molecule has 0 aliphatic carbocycles. The molecule has 1 heterocycles. The SMILES string of the molecule is Nc1n[nH]c(C(=O)Nc2ccc(Cl)cc2C(=O)O)n1. The zero-order valence-corrected chi connectivity index (χ0v) is 10.1. The van der Waals surface area contributed by atoms with Crippen molar-refractivity contribution in [1.29, 1.82) is 0 Å². The van der Waals surface area contributed by atoms with Gasteiger partial charge in [-0.05, 0) is 18.2 Å². The highest BCUT2D eigenvalue weighted by Crippen LogP contribution is 2.21. The van der Waals surface area contributed by atoms with Crippen LogP contribution in [0.15, 0.2) is 18.2 Å². The number of rotatable bonds is 3. The number of nitrogens with one attached hydrogen (secondary N) is 2. The Balaban J connectivity index is 2.28. The van der Waals surface area contributed by atoms with Crippen molar-refractivity contribution in [2.75, 3.05) is 11.1 Å². The van der Waals surface area contributed by atoms with Gasteiger partial charge in [0.2, 0.25) is 11.8 Å². The van der Waals surface area contributed by atoms with Gasteiger partial charge in [-0.1, -0.05) is 11.6 Å². The van der Waals surface area contributed by atoms with E-state index >= 15 is 0 Å². The first-order valence-corrected chi connectivity index (χ1v) is 5.37. The molecule has 1 aromatic carbocycles. The fourth-order valence-electron chi connectivity index (χ4n) is 1.36. The van der Waals surface area contributed by atoms with Crippen molar-refractivity contribution in [3.63, 3.8) is 0 Å². The van der Waals surface area contributed by atoms with Crippen molar-refractivity contribution >= 4 is 35.1 Å². The molecule has 0 saturated carbocycles. The molecule has 5 N–H and O–H groups in total. The second-order valence-corrected chi connectivity index (χ2v) is 3.93. The van der Waals surface area contributed by atoms with Crippen LogP contribution in [0.3, 0.4) is 0 Å². The Kier molecular flexibility index (Phi) is 3.34. The number of carboxylic acid groups (broad SMARTS) is 1. The van der Waals surface area contributed by atoms with E-state index in [2.05, 4.69) is 20.5 Å². The maximum absolute atomic E-state index is 11.8. The second kappa shape index (κ2) is 4.94. The number of nitrogens with zero attached hydrogens (tertiary/aromatic N) is 2. The summed E-state index contributed by atoms with van der Waals surface area (Å²) in [6.07, 6.45) is 0. The quantitative estimate of drug-likeness (QED) is 0.663. The maximum Gasteiger partial charge on any atom is 0.337 e. The number of aromatic nitrogens is 3. The van der Waals surface area contributed by atoms with Crippen LogP contribution in [0.25, 0.3) is 0 Å². The molecular weight excluding hydrogens is 274 g/mol. The van der Waals surface area contributed by atoms with Gasteiger partial charge in [0.1, 0.15) is 0 Å². The number of carbonyl (C=O) groups excluding carboxylic acids is 1. The summed E-state index contributed by atoms with van der Waals surface area (Å²) < 4.78 is 0. The zero-order valence-electron chi connectivity index (χ0n) is 9.35. The minimum Gasteiger partial charge on any atom is -0.478 e. The first-order chi connectivity index (χ1) is 8.97. The van der Waals surface area contributed by atoms with Crippen LogP contribution in [-0.2, 0) is 0 Å². The van der Waals surface area contributed by atoms with E-state index in [0.717, 1.165) is 0 Å². The van der Waals surface area contributed by atoms with Crippen molar-refractivity contribution in [2.24, 2.45) is 0 Å². The van der Waals surface area contributed by atoms with Crippen LogP contribution in [0.5, 0.6) is 0 Å². The van der Waals surface area contributed by atoms with Crippen LogP contribution < -0.4 is 11.1 Å². The lowest BCUT2D eigenvalue weighted by molar-refractivity contribution is 0.0698. The predicted octanol–water partition coefficient (Wildman–Crippen LogP) is 0.991. The highest BCUT2D eigenvalue weighted by molar-refractivity contribution is 6.31. The lowest BCUT2D eigenvalue weighted by Crippen LogP contribution is -2.16. The molecular formula is C10H8ClN5O3. The van der Waals surface area contributed by atoms with Crippen molar-refractivity contribution in [3.8, 4) is 0 Å². The minimum absolute atomic E-state index is 0.0836. The Morgan fingerprint density at radius 2 is 2.16 bits per heavy atom. The Morgan fingerprint density at radius 3 is 2.74 bits per heavy atom. The topological polar surface area (TPSA) is 134 Å². The van der Waals surface area contributed by atoms with Gasteiger partial charge in [0.05, 0.1) is 11.3 Å². The Labute approximate surface area is 111 Å². The van der Waals surface area contributed by atoms with Crippen molar-refractivity contribution in [2.45, 2.75) is 0 Å². The van der Waals surface area contributed by atoms with Gasteiger partial charge in [-0.3, -0.25) is 9.89 Å². The average molecular weight is 282 g/mol. The Morgan fingerprint density at radius 1 is 1.42 bits per heavy atom. The summed E-state index contributed by atoms with van der Waals surface area (Å²) in [5, 5.41) is 17.5. The number of aromatic carboxylic acids is 1. The molecule has 8 nitrogen and oxygen atoms in total. The highest BCUT2D eigenvalue weighted by Gasteiger charge is 2.16. The maximum atomic E-state index is 11.8. The number of nitrogens with two attached hydrogens (primary N) is 1. The number of carbonyl (C=O) groups is 2. The lowest BCUT2D eigenvalue weighted by atomic mass is 10.2. The Bertz CT molecular complexity index is 654. The normalized spacial score (nSPS) is 10.2. The van der Waals surface area contributed by atoms with Gasteiger partial charge >= 0.3 is 5.97 Å². The molecule has 0 atom stereocenters. The molecule has 0 unspecified atom stereocenters. The van der Waals surface area contributed by atoms with E-state index in [-0.39, 0.29) is 28.0 Å². The number of halogens is 1.